The Balaban J connectivity index is 1.40. The molecule has 3 N–H and O–H groups in total. The number of nitrogen functional groups attached to an aromatic ring is 1. The second-order valence-electron chi connectivity index (χ2n) is 7.70. The lowest BCUT2D eigenvalue weighted by molar-refractivity contribution is -0.286. The maximum Gasteiger partial charge on any atom is 0.586 e. The Morgan fingerprint density at radius 2 is 1.87 bits per heavy atom. The Kier molecular flexibility index (Phi) is 4.11. The van der Waals surface area contributed by atoms with Crippen LogP contribution in [0.15, 0.2) is 48.7 Å². The van der Waals surface area contributed by atoms with Crippen molar-refractivity contribution in [1.29, 1.82) is 0 Å². The highest BCUT2D eigenvalue weighted by Gasteiger charge is 2.53. The summed E-state index contributed by atoms with van der Waals surface area (Å²) in [6, 6.07) is 11.5. The third-order valence-electron chi connectivity index (χ3n) is 5.54. The number of nitrogens with two attached hydrogens (primary N) is 1. The minimum Gasteiger partial charge on any atom is -0.395 e. The predicted molar refractivity (Wildman–Crippen MR) is 109 cm³/mol. The lowest BCUT2D eigenvalue weighted by atomic mass is 9.94. The van der Waals surface area contributed by atoms with Gasteiger partial charge in [0.2, 0.25) is 5.91 Å². The number of fused-ring (bicyclic) bond motifs is 1. The lowest BCUT2D eigenvalue weighted by Gasteiger charge is -2.16. The number of amides is 1. The number of anilines is 2. The van der Waals surface area contributed by atoms with Gasteiger partial charge in [-0.1, -0.05) is 12.1 Å². The molecule has 0 radical (unpaired) electrons. The van der Waals surface area contributed by atoms with E-state index in [2.05, 4.69) is 24.8 Å². The van der Waals surface area contributed by atoms with Crippen molar-refractivity contribution in [3.05, 3.63) is 59.8 Å². The lowest BCUT2D eigenvalue weighted by Crippen LogP contribution is -2.28. The van der Waals surface area contributed by atoms with Crippen LogP contribution in [0.1, 0.15) is 24.0 Å². The Morgan fingerprint density at radius 1 is 1.10 bits per heavy atom. The summed E-state index contributed by atoms with van der Waals surface area (Å²) in [4.78, 5) is 21.8. The number of aryl methyl sites for hydroxylation is 1. The number of nitrogens with one attached hydrogen (secondary N) is 1. The van der Waals surface area contributed by atoms with Crippen LogP contribution in [0.2, 0.25) is 0 Å². The molecule has 0 atom stereocenters. The van der Waals surface area contributed by atoms with E-state index in [9.17, 15) is 13.6 Å². The molecule has 1 aliphatic carbocycles. The highest BCUT2D eigenvalue weighted by Crippen LogP contribution is 2.52. The number of nitrogens with zero attached hydrogens (tertiary/aromatic N) is 2. The number of alkyl halides is 2. The zero-order valence-electron chi connectivity index (χ0n) is 16.5. The summed E-state index contributed by atoms with van der Waals surface area (Å²) in [5.41, 5.74) is 7.81. The van der Waals surface area contributed by atoms with Crippen molar-refractivity contribution in [1.82, 2.24) is 9.97 Å². The summed E-state index contributed by atoms with van der Waals surface area (Å²) in [7, 11) is 0. The summed E-state index contributed by atoms with van der Waals surface area (Å²) in [6.45, 7) is 1.91. The van der Waals surface area contributed by atoms with Crippen LogP contribution in [0, 0.1) is 6.92 Å². The van der Waals surface area contributed by atoms with E-state index >= 15 is 0 Å². The Bertz CT molecular complexity index is 1190. The zero-order valence-corrected chi connectivity index (χ0v) is 16.5. The number of benzene rings is 1. The molecule has 0 unspecified atom stereocenters. The van der Waals surface area contributed by atoms with E-state index in [0.717, 1.165) is 11.1 Å². The number of rotatable bonds is 4. The number of carbonyl (C=O) groups is 1. The van der Waals surface area contributed by atoms with Crippen molar-refractivity contribution in [2.75, 3.05) is 11.1 Å². The van der Waals surface area contributed by atoms with E-state index in [1.54, 1.807) is 24.4 Å². The van der Waals surface area contributed by atoms with E-state index in [4.69, 9.17) is 5.73 Å². The van der Waals surface area contributed by atoms with Crippen LogP contribution in [0.4, 0.5) is 20.4 Å². The van der Waals surface area contributed by atoms with Crippen molar-refractivity contribution in [2.24, 2.45) is 0 Å². The van der Waals surface area contributed by atoms with Gasteiger partial charge in [0.1, 0.15) is 11.6 Å². The molecule has 2 aromatic heterocycles. The van der Waals surface area contributed by atoms with Crippen LogP contribution < -0.4 is 20.5 Å². The summed E-state index contributed by atoms with van der Waals surface area (Å²) in [5.74, 6) is 0.417. The van der Waals surface area contributed by atoms with Gasteiger partial charge in [0.15, 0.2) is 11.5 Å². The summed E-state index contributed by atoms with van der Waals surface area (Å²) >= 11 is 0. The van der Waals surface area contributed by atoms with E-state index < -0.39 is 11.7 Å². The van der Waals surface area contributed by atoms with Crippen molar-refractivity contribution >= 4 is 17.5 Å². The number of hydrogen-bond donors (Lipinski definition) is 2. The second kappa shape index (κ2) is 6.63. The number of carbonyl (C=O) groups excluding carboxylic acids is 1. The average Bonchev–Trinajstić information content (AvgIpc) is 3.47. The van der Waals surface area contributed by atoms with Gasteiger partial charge in [-0.25, -0.2) is 9.97 Å². The molecule has 1 aliphatic heterocycles. The van der Waals surface area contributed by atoms with Gasteiger partial charge < -0.3 is 20.5 Å². The van der Waals surface area contributed by atoms with Crippen LogP contribution in [0.3, 0.4) is 0 Å². The minimum atomic E-state index is -3.70. The first-order valence-corrected chi connectivity index (χ1v) is 9.67. The van der Waals surface area contributed by atoms with Gasteiger partial charge >= 0.3 is 6.29 Å². The molecule has 1 fully saturated rings. The first-order chi connectivity index (χ1) is 14.8. The third-order valence-corrected chi connectivity index (χ3v) is 5.54. The van der Waals surface area contributed by atoms with Crippen LogP contribution in [-0.2, 0) is 10.2 Å². The standard InChI is InChI=1S/C22H18F2N4O3/c1-12-2-7-18(27-19(12)13-3-6-17(25)26-11-13)28-20(29)21(8-9-21)14-4-5-15-16(10-14)31-22(23,24)30-15/h2-7,10-11H,8-9H2,1H3,(H2,25,26)(H,27,28,29). The van der Waals surface area contributed by atoms with E-state index in [0.29, 0.717) is 35.7 Å². The Hall–Kier alpha value is -3.75. The fourth-order valence-electron chi connectivity index (χ4n) is 3.69. The molecule has 3 heterocycles. The fourth-order valence-corrected chi connectivity index (χ4v) is 3.69. The number of hydrogen-bond acceptors (Lipinski definition) is 6. The molecule has 3 aromatic rings. The molecule has 5 rings (SSSR count). The number of aromatic nitrogens is 2. The molecule has 0 spiro atoms. The molecule has 1 amide bonds. The highest BCUT2D eigenvalue weighted by atomic mass is 19.3. The molecule has 158 valence electrons. The van der Waals surface area contributed by atoms with E-state index in [-0.39, 0.29) is 17.4 Å². The topological polar surface area (TPSA) is 99.4 Å². The third kappa shape index (κ3) is 3.41. The number of ether oxygens (including phenoxy) is 2. The van der Waals surface area contributed by atoms with Gasteiger partial charge in [-0.2, -0.15) is 0 Å². The average molecular weight is 424 g/mol. The highest BCUT2D eigenvalue weighted by molar-refractivity contribution is 6.01. The van der Waals surface area contributed by atoms with Crippen LogP contribution in [-0.4, -0.2) is 22.2 Å². The normalized spacial score (nSPS) is 17.3. The maximum absolute atomic E-state index is 13.3. The predicted octanol–water partition coefficient (Wildman–Crippen LogP) is 4.03. The number of pyridine rings is 2. The van der Waals surface area contributed by atoms with Crippen molar-refractivity contribution in [2.45, 2.75) is 31.5 Å². The minimum absolute atomic E-state index is 0.0492. The summed E-state index contributed by atoms with van der Waals surface area (Å²) in [6.07, 6.45) is -0.884. The zero-order chi connectivity index (χ0) is 21.8. The van der Waals surface area contributed by atoms with Crippen LogP contribution >= 0.6 is 0 Å². The molecule has 0 bridgehead atoms. The van der Waals surface area contributed by atoms with Gasteiger partial charge in [-0.3, -0.25) is 4.79 Å². The van der Waals surface area contributed by atoms with Gasteiger partial charge in [-0.15, -0.1) is 8.78 Å². The molecule has 9 heteroatoms. The van der Waals surface area contributed by atoms with Gasteiger partial charge in [0.05, 0.1) is 11.1 Å². The van der Waals surface area contributed by atoms with E-state index in [1.165, 1.54) is 12.1 Å². The summed E-state index contributed by atoms with van der Waals surface area (Å²) in [5, 5.41) is 2.86. The fraction of sp³-hybridized carbons (Fsp3) is 0.227. The molecular weight excluding hydrogens is 406 g/mol. The molecule has 0 saturated heterocycles. The van der Waals surface area contributed by atoms with Gasteiger partial charge in [0.25, 0.3) is 0 Å². The second-order valence-corrected chi connectivity index (χ2v) is 7.70. The molecule has 7 nitrogen and oxygen atoms in total. The summed E-state index contributed by atoms with van der Waals surface area (Å²) < 4.78 is 35.6. The monoisotopic (exact) mass is 424 g/mol. The maximum atomic E-state index is 13.3. The van der Waals surface area contributed by atoms with Crippen molar-refractivity contribution < 1.29 is 23.0 Å². The molecule has 1 saturated carbocycles. The first-order valence-electron chi connectivity index (χ1n) is 9.67. The number of halogens is 2. The van der Waals surface area contributed by atoms with Crippen molar-refractivity contribution in [3.8, 4) is 22.8 Å². The SMILES string of the molecule is Cc1ccc(NC(=O)C2(c3ccc4c(c3)OC(F)(F)O4)CC2)nc1-c1ccc(N)nc1. The first kappa shape index (κ1) is 19.2. The van der Waals surface area contributed by atoms with Crippen LogP contribution in [0.25, 0.3) is 11.3 Å². The smallest absolute Gasteiger partial charge is 0.395 e. The van der Waals surface area contributed by atoms with Gasteiger partial charge in [0, 0.05) is 11.8 Å². The van der Waals surface area contributed by atoms with Crippen molar-refractivity contribution in [3.63, 3.8) is 0 Å². The van der Waals surface area contributed by atoms with Gasteiger partial charge in [-0.05, 0) is 61.2 Å². The molecule has 2 aliphatic rings. The molecule has 1 aromatic carbocycles. The quantitative estimate of drug-likeness (QED) is 0.656. The largest absolute Gasteiger partial charge is 0.586 e. The van der Waals surface area contributed by atoms with Crippen LogP contribution in [0.5, 0.6) is 11.5 Å². The molecule has 31 heavy (non-hydrogen) atoms. The Morgan fingerprint density at radius 3 is 2.58 bits per heavy atom. The Labute approximate surface area is 176 Å². The molecular formula is C22H18F2N4O3. The van der Waals surface area contributed by atoms with E-state index in [1.807, 2.05) is 19.1 Å².